The van der Waals surface area contributed by atoms with Gasteiger partial charge in [0.05, 0.1) is 17.1 Å². The number of hydrogen-bond acceptors (Lipinski definition) is 6. The number of carbonyl (C=O) groups is 1. The van der Waals surface area contributed by atoms with Crippen molar-refractivity contribution in [2.75, 3.05) is 17.2 Å². The number of nitrogens with one attached hydrogen (secondary N) is 1. The Kier molecular flexibility index (Phi) is 7.29. The van der Waals surface area contributed by atoms with Crippen molar-refractivity contribution in [1.82, 2.24) is 14.5 Å². The number of amides is 1. The second kappa shape index (κ2) is 9.93. The molecule has 0 aliphatic heterocycles. The Balaban J connectivity index is 1.89. The molecule has 3 aromatic rings. The molecule has 164 valence electrons. The molecule has 2 heterocycles. The molecule has 10 heteroatoms. The van der Waals surface area contributed by atoms with Crippen LogP contribution in [0.4, 0.5) is 11.5 Å². The smallest absolute Gasteiger partial charge is 0.330 e. The van der Waals surface area contributed by atoms with Crippen molar-refractivity contribution in [3.63, 3.8) is 0 Å². The minimum atomic E-state index is -0.680. The van der Waals surface area contributed by atoms with Crippen LogP contribution in [0.3, 0.4) is 0 Å². The van der Waals surface area contributed by atoms with Crippen LogP contribution >= 0.6 is 22.9 Å². The topological polar surface area (TPSA) is 114 Å². The number of hydrogen-bond donors (Lipinski definition) is 2. The number of unbranched alkanes of at least 4 members (excludes halogenated alkanes) is 1. The molecule has 0 aliphatic carbocycles. The van der Waals surface area contributed by atoms with Crippen LogP contribution in [0.1, 0.15) is 32.4 Å². The second-order valence-corrected chi connectivity index (χ2v) is 8.20. The van der Waals surface area contributed by atoms with Crippen LogP contribution in [0.5, 0.6) is 0 Å². The molecule has 8 nitrogen and oxygen atoms in total. The van der Waals surface area contributed by atoms with E-state index in [0.717, 1.165) is 18.4 Å². The van der Waals surface area contributed by atoms with E-state index in [1.54, 1.807) is 18.4 Å². The van der Waals surface area contributed by atoms with Crippen molar-refractivity contribution in [3.05, 3.63) is 61.2 Å². The van der Waals surface area contributed by atoms with Gasteiger partial charge >= 0.3 is 5.69 Å². The summed E-state index contributed by atoms with van der Waals surface area (Å²) in [4.78, 5) is 45.8. The average molecular weight is 462 g/mol. The summed E-state index contributed by atoms with van der Waals surface area (Å²) in [6.07, 6.45) is 1.56. The minimum Gasteiger partial charge on any atom is -0.383 e. The Morgan fingerprint density at radius 1 is 1.29 bits per heavy atom. The minimum absolute atomic E-state index is 0.00701. The van der Waals surface area contributed by atoms with Crippen molar-refractivity contribution < 1.29 is 4.79 Å². The molecular formula is C21H24ClN5O3S. The van der Waals surface area contributed by atoms with Crippen molar-refractivity contribution in [3.8, 4) is 10.6 Å². The van der Waals surface area contributed by atoms with Gasteiger partial charge in [0.2, 0.25) is 5.91 Å². The van der Waals surface area contributed by atoms with Gasteiger partial charge in [0.15, 0.2) is 5.69 Å². The van der Waals surface area contributed by atoms with E-state index >= 15 is 0 Å². The van der Waals surface area contributed by atoms with Crippen LogP contribution in [0.25, 0.3) is 10.6 Å². The summed E-state index contributed by atoms with van der Waals surface area (Å²) in [6, 6.07) is 7.36. The van der Waals surface area contributed by atoms with Gasteiger partial charge in [-0.25, -0.2) is 9.78 Å². The van der Waals surface area contributed by atoms with Crippen molar-refractivity contribution >= 4 is 40.4 Å². The SMILES string of the molecule is CCCCn1c(N)c(N(CC)C(=O)Cc2csc(-c3ccccc3Cl)n2)c(=O)[nH]c1=O. The van der Waals surface area contributed by atoms with E-state index in [1.165, 1.54) is 20.8 Å². The maximum atomic E-state index is 13.0. The van der Waals surface area contributed by atoms with Gasteiger partial charge in [0.25, 0.3) is 5.56 Å². The lowest BCUT2D eigenvalue weighted by Gasteiger charge is -2.23. The number of halogens is 1. The molecule has 0 unspecified atom stereocenters. The summed E-state index contributed by atoms with van der Waals surface area (Å²) in [6.45, 7) is 4.32. The monoisotopic (exact) mass is 461 g/mol. The Hall–Kier alpha value is -2.91. The molecule has 0 spiro atoms. The highest BCUT2D eigenvalue weighted by molar-refractivity contribution is 7.13. The number of nitrogen functional groups attached to an aromatic ring is 1. The van der Waals surface area contributed by atoms with E-state index in [1.807, 2.05) is 25.1 Å². The number of H-pyrrole nitrogens is 1. The summed E-state index contributed by atoms with van der Waals surface area (Å²) >= 11 is 7.63. The first-order valence-corrected chi connectivity index (χ1v) is 11.2. The Morgan fingerprint density at radius 3 is 2.71 bits per heavy atom. The zero-order valence-electron chi connectivity index (χ0n) is 17.4. The first-order valence-electron chi connectivity index (χ1n) is 9.99. The number of aromatic amines is 1. The molecule has 0 aliphatic rings. The van der Waals surface area contributed by atoms with Crippen LogP contribution in [0, 0.1) is 0 Å². The third-order valence-electron chi connectivity index (χ3n) is 4.82. The van der Waals surface area contributed by atoms with Crippen molar-refractivity contribution in [2.45, 2.75) is 39.7 Å². The highest BCUT2D eigenvalue weighted by atomic mass is 35.5. The van der Waals surface area contributed by atoms with E-state index < -0.39 is 11.2 Å². The lowest BCUT2D eigenvalue weighted by molar-refractivity contribution is -0.118. The Morgan fingerprint density at radius 2 is 2.03 bits per heavy atom. The number of benzene rings is 1. The highest BCUT2D eigenvalue weighted by Crippen LogP contribution is 2.30. The number of aromatic nitrogens is 3. The Labute approximate surface area is 188 Å². The molecule has 0 fully saturated rings. The van der Waals surface area contributed by atoms with Crippen LogP contribution in [0.2, 0.25) is 5.02 Å². The number of rotatable bonds is 8. The van der Waals surface area contributed by atoms with Gasteiger partial charge < -0.3 is 10.6 Å². The number of carbonyl (C=O) groups excluding carboxylic acids is 1. The molecule has 31 heavy (non-hydrogen) atoms. The molecule has 0 saturated carbocycles. The predicted octanol–water partition coefficient (Wildman–Crippen LogP) is 3.29. The molecule has 3 rings (SSSR count). The lowest BCUT2D eigenvalue weighted by Crippen LogP contribution is -2.41. The van der Waals surface area contributed by atoms with Crippen LogP contribution < -0.4 is 21.9 Å². The molecule has 0 bridgehead atoms. The third kappa shape index (κ3) is 4.88. The number of likely N-dealkylation sites (N-methyl/N-ethyl adjacent to an activating group) is 1. The summed E-state index contributed by atoms with van der Waals surface area (Å²) in [5.74, 6) is -0.344. The van der Waals surface area contributed by atoms with E-state index in [4.69, 9.17) is 17.3 Å². The first-order chi connectivity index (χ1) is 14.9. The number of thiazole rings is 1. The van der Waals surface area contributed by atoms with Gasteiger partial charge in [0.1, 0.15) is 10.8 Å². The molecule has 2 aromatic heterocycles. The quantitative estimate of drug-likeness (QED) is 0.534. The fraction of sp³-hybridized carbons (Fsp3) is 0.333. The number of nitrogens with zero attached hydrogens (tertiary/aromatic N) is 3. The molecule has 1 aromatic carbocycles. The van der Waals surface area contributed by atoms with E-state index in [2.05, 4.69) is 9.97 Å². The second-order valence-electron chi connectivity index (χ2n) is 6.94. The van der Waals surface area contributed by atoms with Gasteiger partial charge in [-0.1, -0.05) is 43.1 Å². The van der Waals surface area contributed by atoms with Crippen LogP contribution in [0.15, 0.2) is 39.2 Å². The molecule has 0 radical (unpaired) electrons. The standard InChI is InChI=1S/C21H24ClN5O3S/c1-3-5-10-27-18(23)17(19(29)25-21(27)30)26(4-2)16(28)11-13-12-31-20(24-13)14-8-6-7-9-15(14)22/h6-9,12H,3-5,10-11,23H2,1-2H3,(H,25,29,30). The molecule has 1 amide bonds. The highest BCUT2D eigenvalue weighted by Gasteiger charge is 2.24. The van der Waals surface area contributed by atoms with Crippen molar-refractivity contribution in [2.24, 2.45) is 0 Å². The molecule has 0 saturated heterocycles. The van der Waals surface area contributed by atoms with Gasteiger partial charge in [-0.2, -0.15) is 0 Å². The largest absolute Gasteiger partial charge is 0.383 e. The lowest BCUT2D eigenvalue weighted by atomic mass is 10.2. The van der Waals surface area contributed by atoms with Gasteiger partial charge in [-0.15, -0.1) is 11.3 Å². The molecular weight excluding hydrogens is 438 g/mol. The van der Waals surface area contributed by atoms with E-state index in [9.17, 15) is 14.4 Å². The normalized spacial score (nSPS) is 10.9. The van der Waals surface area contributed by atoms with E-state index in [0.29, 0.717) is 22.3 Å². The summed E-state index contributed by atoms with van der Waals surface area (Å²) < 4.78 is 1.30. The summed E-state index contributed by atoms with van der Waals surface area (Å²) in [5.41, 5.74) is 6.25. The molecule has 3 N–H and O–H groups in total. The fourth-order valence-electron chi connectivity index (χ4n) is 3.23. The van der Waals surface area contributed by atoms with E-state index in [-0.39, 0.29) is 30.4 Å². The average Bonchev–Trinajstić information content (AvgIpc) is 3.19. The molecule has 0 atom stereocenters. The van der Waals surface area contributed by atoms with Gasteiger partial charge in [0, 0.05) is 24.0 Å². The maximum absolute atomic E-state index is 13.0. The first kappa shape index (κ1) is 22.8. The number of nitrogens with two attached hydrogens (primary N) is 1. The van der Waals surface area contributed by atoms with Crippen molar-refractivity contribution in [1.29, 1.82) is 0 Å². The number of anilines is 2. The predicted molar refractivity (Wildman–Crippen MR) is 125 cm³/mol. The van der Waals surface area contributed by atoms with Crippen LogP contribution in [-0.4, -0.2) is 27.0 Å². The van der Waals surface area contributed by atoms with Gasteiger partial charge in [-0.3, -0.25) is 19.1 Å². The third-order valence-corrected chi connectivity index (χ3v) is 6.08. The van der Waals surface area contributed by atoms with Gasteiger partial charge in [-0.05, 0) is 19.4 Å². The van der Waals surface area contributed by atoms with Crippen LogP contribution in [-0.2, 0) is 17.8 Å². The fourth-order valence-corrected chi connectivity index (χ4v) is 4.37. The zero-order chi connectivity index (χ0) is 22.5. The summed E-state index contributed by atoms with van der Waals surface area (Å²) in [5, 5.41) is 3.08. The summed E-state index contributed by atoms with van der Waals surface area (Å²) in [7, 11) is 0. The zero-order valence-corrected chi connectivity index (χ0v) is 18.9. The Bertz CT molecular complexity index is 1200. The maximum Gasteiger partial charge on any atom is 0.330 e.